The van der Waals surface area contributed by atoms with Gasteiger partial charge < -0.3 is 9.47 Å². The third-order valence-corrected chi connectivity index (χ3v) is 8.54. The monoisotopic (exact) mass is 569 g/mol. The van der Waals surface area contributed by atoms with Crippen LogP contribution in [0.2, 0.25) is 5.02 Å². The number of para-hydroxylation sites is 1. The maximum Gasteiger partial charge on any atom is 0.278 e. The number of sulfone groups is 1. The number of likely N-dealkylation sites (tertiary alicyclic amines) is 1. The fourth-order valence-corrected chi connectivity index (χ4v) is 6.05. The van der Waals surface area contributed by atoms with Gasteiger partial charge in [-0.05, 0) is 74.2 Å². The van der Waals surface area contributed by atoms with Gasteiger partial charge >= 0.3 is 0 Å². The van der Waals surface area contributed by atoms with Crippen molar-refractivity contribution < 1.29 is 22.3 Å². The molecule has 0 radical (unpaired) electrons. The van der Waals surface area contributed by atoms with Crippen LogP contribution in [-0.2, 0) is 28.6 Å². The third-order valence-electron chi connectivity index (χ3n) is 7.36. The Morgan fingerprint density at radius 3 is 2.67 bits per heavy atom. The zero-order chi connectivity index (χ0) is 27.8. The lowest BCUT2D eigenvalue weighted by atomic mass is 9.88. The number of benzene rings is 2. The molecule has 2 aliphatic heterocycles. The van der Waals surface area contributed by atoms with Crippen molar-refractivity contribution in [1.29, 1.82) is 5.26 Å². The molecule has 2 aliphatic rings. The van der Waals surface area contributed by atoms with Crippen LogP contribution in [0.1, 0.15) is 53.6 Å². The fourth-order valence-electron chi connectivity index (χ4n) is 5.30. The molecule has 0 amide bonds. The maximum atomic E-state index is 14.7. The quantitative estimate of drug-likeness (QED) is 0.378. The molecule has 1 atom stereocenters. The molecule has 2 aromatic carbocycles. The molecular weight excluding hydrogens is 541 g/mol. The lowest BCUT2D eigenvalue weighted by Gasteiger charge is -2.33. The summed E-state index contributed by atoms with van der Waals surface area (Å²) in [6.45, 7) is 3.91. The van der Waals surface area contributed by atoms with Crippen LogP contribution in [0, 0.1) is 17.1 Å². The molecule has 3 heterocycles. The summed E-state index contributed by atoms with van der Waals surface area (Å²) < 4.78 is 50.6. The molecule has 3 aromatic rings. The molecule has 1 unspecified atom stereocenters. The average molecular weight is 570 g/mol. The molecule has 204 valence electrons. The molecule has 1 aromatic heterocycles. The zero-order valence-corrected chi connectivity index (χ0v) is 23.4. The number of nitrogens with zero attached hydrogens (tertiary/aromatic N) is 3. The second kappa shape index (κ2) is 10.8. The number of pyridine rings is 1. The van der Waals surface area contributed by atoms with Crippen molar-refractivity contribution in [3.63, 3.8) is 0 Å². The molecule has 0 bridgehead atoms. The molecule has 10 heteroatoms. The van der Waals surface area contributed by atoms with Crippen molar-refractivity contribution in [3.05, 3.63) is 87.4 Å². The first-order valence-electron chi connectivity index (χ1n) is 12.8. The summed E-state index contributed by atoms with van der Waals surface area (Å²) in [7, 11) is -3.14. The highest BCUT2D eigenvalue weighted by Crippen LogP contribution is 2.49. The van der Waals surface area contributed by atoms with Gasteiger partial charge in [-0.25, -0.2) is 12.8 Å². The van der Waals surface area contributed by atoms with Gasteiger partial charge in [-0.15, -0.1) is 0 Å². The van der Waals surface area contributed by atoms with Crippen molar-refractivity contribution in [2.24, 2.45) is 0 Å². The number of piperidine rings is 1. The molecule has 39 heavy (non-hydrogen) atoms. The largest absolute Gasteiger partial charge is 0.444 e. The Bertz CT molecular complexity index is 1550. The molecule has 0 aliphatic carbocycles. The Kier molecular flexibility index (Phi) is 7.55. The van der Waals surface area contributed by atoms with Crippen LogP contribution in [0.15, 0.2) is 48.7 Å². The van der Waals surface area contributed by atoms with E-state index in [1.54, 1.807) is 25.1 Å². The van der Waals surface area contributed by atoms with Gasteiger partial charge in [0.15, 0.2) is 11.5 Å². The van der Waals surface area contributed by atoms with Crippen molar-refractivity contribution in [1.82, 2.24) is 9.88 Å². The molecule has 1 saturated heterocycles. The van der Waals surface area contributed by atoms with Crippen LogP contribution in [0.5, 0.6) is 11.5 Å². The van der Waals surface area contributed by atoms with Gasteiger partial charge in [0.1, 0.15) is 21.7 Å². The van der Waals surface area contributed by atoms with E-state index in [-0.39, 0.29) is 17.2 Å². The molecule has 0 spiro atoms. The van der Waals surface area contributed by atoms with E-state index in [4.69, 9.17) is 21.1 Å². The van der Waals surface area contributed by atoms with Crippen LogP contribution in [0.4, 0.5) is 4.39 Å². The highest BCUT2D eigenvalue weighted by molar-refractivity contribution is 7.90. The predicted molar refractivity (Wildman–Crippen MR) is 146 cm³/mol. The topological polar surface area (TPSA) is 92.5 Å². The molecule has 1 fully saturated rings. The van der Waals surface area contributed by atoms with Crippen molar-refractivity contribution >= 4 is 21.4 Å². The summed E-state index contributed by atoms with van der Waals surface area (Å²) in [6, 6.07) is 14.1. The lowest BCUT2D eigenvalue weighted by molar-refractivity contribution is -0.0712. The van der Waals surface area contributed by atoms with E-state index < -0.39 is 21.4 Å². The summed E-state index contributed by atoms with van der Waals surface area (Å²) in [5.74, 6) is -0.305. The first-order chi connectivity index (χ1) is 18.5. The van der Waals surface area contributed by atoms with Gasteiger partial charge in [0.05, 0.1) is 22.6 Å². The van der Waals surface area contributed by atoms with Crippen LogP contribution >= 0.6 is 11.6 Å². The highest BCUT2D eigenvalue weighted by atomic mass is 35.5. The Morgan fingerprint density at radius 1 is 1.21 bits per heavy atom. The number of rotatable bonds is 7. The molecule has 7 nitrogen and oxygen atoms in total. The number of ether oxygens (including phenoxy) is 2. The highest BCUT2D eigenvalue weighted by Gasteiger charge is 2.43. The van der Waals surface area contributed by atoms with Crippen LogP contribution < -0.4 is 9.47 Å². The Morgan fingerprint density at radius 2 is 1.97 bits per heavy atom. The number of halogens is 2. The maximum absolute atomic E-state index is 14.7. The standard InChI is InChI=1S/C29H29ClFN3O4S/c1-29(24-7-6-22(30)15-25(24)31)37-27-5-3-4-23(28(27)38-29)20-8-11-34(12-9-20)18-26-21(10-13-39(2,35)36)14-19(16-32)17-33-26/h3-7,14-15,17,20H,8-13,18H2,1-2H3. The van der Waals surface area contributed by atoms with Gasteiger partial charge in [-0.3, -0.25) is 9.88 Å². The average Bonchev–Trinajstić information content (AvgIpc) is 3.25. The second-order valence-electron chi connectivity index (χ2n) is 10.3. The van der Waals surface area contributed by atoms with Gasteiger partial charge in [0.2, 0.25) is 0 Å². The molecule has 0 saturated carbocycles. The summed E-state index contributed by atoms with van der Waals surface area (Å²) in [5, 5.41) is 9.57. The fraction of sp³-hybridized carbons (Fsp3) is 0.379. The van der Waals surface area contributed by atoms with Crippen molar-refractivity contribution in [2.45, 2.75) is 44.4 Å². The van der Waals surface area contributed by atoms with E-state index >= 15 is 0 Å². The molecule has 0 N–H and O–H groups in total. The van der Waals surface area contributed by atoms with E-state index in [1.165, 1.54) is 18.5 Å². The van der Waals surface area contributed by atoms with Gasteiger partial charge in [0, 0.05) is 36.5 Å². The lowest BCUT2D eigenvalue weighted by Crippen LogP contribution is -2.34. The van der Waals surface area contributed by atoms with Gasteiger partial charge in [-0.1, -0.05) is 23.7 Å². The van der Waals surface area contributed by atoms with Crippen LogP contribution in [-0.4, -0.2) is 43.4 Å². The second-order valence-corrected chi connectivity index (χ2v) is 13.0. The summed E-state index contributed by atoms with van der Waals surface area (Å²) in [6.07, 6.45) is 4.83. The van der Waals surface area contributed by atoms with Crippen molar-refractivity contribution in [2.75, 3.05) is 25.1 Å². The first kappa shape index (κ1) is 27.4. The minimum Gasteiger partial charge on any atom is -0.444 e. The normalized spacial score (nSPS) is 19.7. The van der Waals surface area contributed by atoms with Crippen LogP contribution in [0.3, 0.4) is 0 Å². The number of nitriles is 1. The SMILES string of the molecule is CC1(c2ccc(Cl)cc2F)Oc2cccc(C3CCN(Cc4ncc(C#N)cc4CCS(C)(=O)=O)CC3)c2O1. The summed E-state index contributed by atoms with van der Waals surface area (Å²) in [4.78, 5) is 6.79. The number of hydrogen-bond acceptors (Lipinski definition) is 7. The summed E-state index contributed by atoms with van der Waals surface area (Å²) >= 11 is 5.94. The molecule has 5 rings (SSSR count). The van der Waals surface area contributed by atoms with E-state index in [1.807, 2.05) is 18.2 Å². The van der Waals surface area contributed by atoms with Gasteiger partial charge in [0.25, 0.3) is 5.79 Å². The minimum atomic E-state index is -3.14. The Balaban J connectivity index is 1.28. The Labute approximate surface area is 233 Å². The van der Waals surface area contributed by atoms with Crippen LogP contribution in [0.25, 0.3) is 0 Å². The van der Waals surface area contributed by atoms with E-state index in [0.29, 0.717) is 35.1 Å². The van der Waals surface area contributed by atoms with Crippen molar-refractivity contribution in [3.8, 4) is 17.6 Å². The Hall–Kier alpha value is -3.19. The zero-order valence-electron chi connectivity index (χ0n) is 21.8. The van der Waals surface area contributed by atoms with E-state index in [9.17, 15) is 18.1 Å². The number of aromatic nitrogens is 1. The van der Waals surface area contributed by atoms with Gasteiger partial charge in [-0.2, -0.15) is 5.26 Å². The number of fused-ring (bicyclic) bond motifs is 1. The minimum absolute atomic E-state index is 0.0126. The molecular formula is C29H29ClFN3O4S. The number of hydrogen-bond donors (Lipinski definition) is 0. The summed E-state index contributed by atoms with van der Waals surface area (Å²) in [5.41, 5.74) is 3.34. The van der Waals surface area contributed by atoms with E-state index in [0.717, 1.165) is 42.8 Å². The predicted octanol–water partition coefficient (Wildman–Crippen LogP) is 5.36. The smallest absolute Gasteiger partial charge is 0.278 e. The third kappa shape index (κ3) is 6.03. The van der Waals surface area contributed by atoms with E-state index in [2.05, 4.69) is 16.0 Å². The first-order valence-corrected chi connectivity index (χ1v) is 15.2. The number of aryl methyl sites for hydroxylation is 1.